The highest BCUT2D eigenvalue weighted by atomic mass is 32.1. The van der Waals surface area contributed by atoms with Crippen molar-refractivity contribution in [3.8, 4) is 0 Å². The number of amides is 1. The molecule has 0 radical (unpaired) electrons. The molecule has 0 aromatic heterocycles. The molecule has 1 saturated heterocycles. The Bertz CT molecular complexity index is 252. The molecule has 0 aromatic rings. The van der Waals surface area contributed by atoms with Crippen LogP contribution in [0.15, 0.2) is 0 Å². The van der Waals surface area contributed by atoms with Crippen LogP contribution in [0.2, 0.25) is 0 Å². The van der Waals surface area contributed by atoms with E-state index in [-0.39, 0.29) is 12.5 Å². The zero-order valence-corrected chi connectivity index (χ0v) is 11.7. The van der Waals surface area contributed by atoms with E-state index in [9.17, 15) is 15.0 Å². The van der Waals surface area contributed by atoms with Crippen molar-refractivity contribution in [2.24, 2.45) is 0 Å². The summed E-state index contributed by atoms with van der Waals surface area (Å²) in [6, 6.07) is 0. The third kappa shape index (κ3) is 4.13. The summed E-state index contributed by atoms with van der Waals surface area (Å²) in [5.41, 5.74) is 0. The van der Waals surface area contributed by atoms with Crippen molar-refractivity contribution in [2.75, 3.05) is 6.61 Å². The van der Waals surface area contributed by atoms with Crippen LogP contribution in [-0.2, 0) is 9.53 Å². The van der Waals surface area contributed by atoms with Gasteiger partial charge in [-0.1, -0.05) is 20.8 Å². The van der Waals surface area contributed by atoms with E-state index in [1.54, 1.807) is 0 Å². The van der Waals surface area contributed by atoms with Gasteiger partial charge in [-0.3, -0.25) is 4.79 Å². The van der Waals surface area contributed by atoms with Gasteiger partial charge in [-0.15, -0.1) is 12.6 Å². The van der Waals surface area contributed by atoms with Crippen molar-refractivity contribution in [3.05, 3.63) is 0 Å². The fourth-order valence-electron chi connectivity index (χ4n) is 1.68. The van der Waals surface area contributed by atoms with E-state index >= 15 is 0 Å². The molecule has 1 fully saturated rings. The van der Waals surface area contributed by atoms with Crippen LogP contribution in [-0.4, -0.2) is 45.9 Å². The lowest BCUT2D eigenvalue weighted by atomic mass is 9.96. The number of aliphatic hydroxyl groups is 2. The molecular weight excluding hydrogens is 242 g/mol. The number of rotatable bonds is 2. The molecular formula is C11H23NO4S. The minimum Gasteiger partial charge on any atom is -0.388 e. The number of hydrogen-bond acceptors (Lipinski definition) is 5. The highest BCUT2D eigenvalue weighted by Gasteiger charge is 2.47. The molecule has 1 aliphatic heterocycles. The third-order valence-corrected chi connectivity index (χ3v) is 3.01. The maximum Gasteiger partial charge on any atom is 0.218 e. The van der Waals surface area contributed by atoms with Crippen molar-refractivity contribution < 1.29 is 19.7 Å². The SMILES string of the molecule is CC.CC[C@H]1OCC(S)(NC(C)=O)[C@@H](O)[C@H]1O. The Morgan fingerprint density at radius 2 is 2.06 bits per heavy atom. The van der Waals surface area contributed by atoms with Crippen molar-refractivity contribution in [2.45, 2.75) is 57.3 Å². The van der Waals surface area contributed by atoms with Crippen LogP contribution in [0.1, 0.15) is 34.1 Å². The molecule has 1 aliphatic rings. The van der Waals surface area contributed by atoms with Crippen molar-refractivity contribution in [1.82, 2.24) is 5.32 Å². The molecule has 0 bridgehead atoms. The first-order chi connectivity index (χ1) is 7.90. The highest BCUT2D eigenvalue weighted by Crippen LogP contribution is 2.28. The van der Waals surface area contributed by atoms with E-state index in [1.165, 1.54) is 6.92 Å². The molecule has 0 aliphatic carbocycles. The molecule has 3 N–H and O–H groups in total. The summed E-state index contributed by atoms with van der Waals surface area (Å²) in [4.78, 5) is 9.70. The Hall–Kier alpha value is -0.300. The molecule has 5 nitrogen and oxygen atoms in total. The minimum atomic E-state index is -1.21. The van der Waals surface area contributed by atoms with E-state index in [2.05, 4.69) is 17.9 Å². The molecule has 102 valence electrons. The van der Waals surface area contributed by atoms with E-state index in [0.29, 0.717) is 6.42 Å². The van der Waals surface area contributed by atoms with Crippen LogP contribution in [0.5, 0.6) is 0 Å². The van der Waals surface area contributed by atoms with Crippen molar-refractivity contribution in [3.63, 3.8) is 0 Å². The van der Waals surface area contributed by atoms with E-state index in [1.807, 2.05) is 20.8 Å². The molecule has 1 heterocycles. The fraction of sp³-hybridized carbons (Fsp3) is 0.909. The molecule has 0 spiro atoms. The van der Waals surface area contributed by atoms with Crippen molar-refractivity contribution in [1.29, 1.82) is 0 Å². The van der Waals surface area contributed by atoms with E-state index in [0.717, 1.165) is 0 Å². The molecule has 17 heavy (non-hydrogen) atoms. The minimum absolute atomic E-state index is 0.0758. The maximum absolute atomic E-state index is 10.9. The second kappa shape index (κ2) is 7.20. The third-order valence-electron chi connectivity index (χ3n) is 2.51. The van der Waals surface area contributed by atoms with Crippen LogP contribution in [0.25, 0.3) is 0 Å². The summed E-state index contributed by atoms with van der Waals surface area (Å²) in [6.45, 7) is 7.25. The van der Waals surface area contributed by atoms with Gasteiger partial charge in [0.15, 0.2) is 0 Å². The van der Waals surface area contributed by atoms with Gasteiger partial charge >= 0.3 is 0 Å². The zero-order chi connectivity index (χ0) is 13.6. The molecule has 4 atom stereocenters. The molecule has 6 heteroatoms. The lowest BCUT2D eigenvalue weighted by Crippen LogP contribution is -2.65. The summed E-state index contributed by atoms with van der Waals surface area (Å²) < 4.78 is 5.33. The van der Waals surface area contributed by atoms with E-state index < -0.39 is 23.2 Å². The molecule has 0 aromatic carbocycles. The van der Waals surface area contributed by atoms with Gasteiger partial charge < -0.3 is 20.3 Å². The predicted molar refractivity (Wildman–Crippen MR) is 68.9 cm³/mol. The quantitative estimate of drug-likeness (QED) is 0.428. The first-order valence-electron chi connectivity index (χ1n) is 5.89. The highest BCUT2D eigenvalue weighted by molar-refractivity contribution is 7.81. The predicted octanol–water partition coefficient (Wildman–Crippen LogP) is 0.305. The number of hydrogen-bond donors (Lipinski definition) is 4. The van der Waals surface area contributed by atoms with E-state index in [4.69, 9.17) is 4.74 Å². The molecule has 0 saturated carbocycles. The van der Waals surface area contributed by atoms with Gasteiger partial charge in [0.05, 0.1) is 12.7 Å². The second-order valence-corrected chi connectivity index (χ2v) is 4.60. The van der Waals surface area contributed by atoms with Crippen LogP contribution >= 0.6 is 12.6 Å². The largest absolute Gasteiger partial charge is 0.388 e. The normalized spacial score (nSPS) is 36.8. The van der Waals surface area contributed by atoms with Crippen LogP contribution in [0, 0.1) is 0 Å². The van der Waals surface area contributed by atoms with Crippen LogP contribution in [0.3, 0.4) is 0 Å². The smallest absolute Gasteiger partial charge is 0.218 e. The molecule has 1 amide bonds. The van der Waals surface area contributed by atoms with Gasteiger partial charge in [0, 0.05) is 6.92 Å². The number of carbonyl (C=O) groups excluding carboxylic acids is 1. The Balaban J connectivity index is 0.00000121. The lowest BCUT2D eigenvalue weighted by molar-refractivity contribution is -0.162. The van der Waals surface area contributed by atoms with Gasteiger partial charge in [0.25, 0.3) is 0 Å². The van der Waals surface area contributed by atoms with Gasteiger partial charge in [-0.05, 0) is 6.42 Å². The van der Waals surface area contributed by atoms with Crippen LogP contribution in [0.4, 0.5) is 0 Å². The number of thiol groups is 1. The summed E-state index contributed by atoms with van der Waals surface area (Å²) in [7, 11) is 0. The Morgan fingerprint density at radius 1 is 1.53 bits per heavy atom. The zero-order valence-electron chi connectivity index (χ0n) is 10.8. The summed E-state index contributed by atoms with van der Waals surface area (Å²) >= 11 is 4.16. The fourth-order valence-corrected chi connectivity index (χ4v) is 2.06. The number of ether oxygens (including phenoxy) is 1. The maximum atomic E-state index is 10.9. The molecule has 1 unspecified atom stereocenters. The average Bonchev–Trinajstić information content (AvgIpc) is 2.28. The Kier molecular flexibility index (Phi) is 7.08. The van der Waals surface area contributed by atoms with Crippen LogP contribution < -0.4 is 5.32 Å². The lowest BCUT2D eigenvalue weighted by Gasteiger charge is -2.43. The van der Waals surface area contributed by atoms with Gasteiger partial charge in [-0.2, -0.15) is 0 Å². The number of carbonyl (C=O) groups is 1. The summed E-state index contributed by atoms with van der Waals surface area (Å²) in [5.74, 6) is -0.324. The average molecular weight is 265 g/mol. The second-order valence-electron chi connectivity index (χ2n) is 3.80. The number of aliphatic hydroxyl groups excluding tert-OH is 2. The first-order valence-corrected chi connectivity index (χ1v) is 6.34. The Morgan fingerprint density at radius 3 is 2.47 bits per heavy atom. The monoisotopic (exact) mass is 265 g/mol. The van der Waals surface area contributed by atoms with Gasteiger partial charge in [0.2, 0.25) is 5.91 Å². The number of nitrogens with one attached hydrogen (secondary N) is 1. The van der Waals surface area contributed by atoms with Gasteiger partial charge in [0.1, 0.15) is 17.1 Å². The topological polar surface area (TPSA) is 78.8 Å². The standard InChI is InChI=1S/C9H17NO4S.C2H6/c1-3-6-7(12)8(13)9(15,4-14-6)10-5(2)11;1-2/h6-8,12-13,15H,3-4H2,1-2H3,(H,10,11);1-2H3/t6-,7+,8+,9?;/m1./s1. The summed E-state index contributed by atoms with van der Waals surface area (Å²) in [5, 5.41) is 22.0. The summed E-state index contributed by atoms with van der Waals surface area (Å²) in [6.07, 6.45) is -1.98. The Labute approximate surface area is 108 Å². The van der Waals surface area contributed by atoms with Crippen molar-refractivity contribution >= 4 is 18.5 Å². The van der Waals surface area contributed by atoms with Gasteiger partial charge in [-0.25, -0.2) is 0 Å². The molecule has 1 rings (SSSR count). The first kappa shape index (κ1) is 16.7.